The minimum Gasteiger partial charge on any atom is -0.488 e. The minimum absolute atomic E-state index is 0.217. The second-order valence-electron chi connectivity index (χ2n) is 5.56. The predicted molar refractivity (Wildman–Crippen MR) is 96.3 cm³/mol. The summed E-state index contributed by atoms with van der Waals surface area (Å²) in [6.07, 6.45) is 0. The van der Waals surface area contributed by atoms with Crippen LogP contribution in [0, 0.1) is 17.1 Å². The number of benzene rings is 3. The largest absolute Gasteiger partial charge is 0.488 e. The Morgan fingerprint density at radius 3 is 2.58 bits per heavy atom. The van der Waals surface area contributed by atoms with Crippen molar-refractivity contribution >= 4 is 11.6 Å². The number of nitriles is 1. The van der Waals surface area contributed by atoms with Gasteiger partial charge in [-0.05, 0) is 48.0 Å². The van der Waals surface area contributed by atoms with E-state index in [0.29, 0.717) is 22.6 Å². The molecule has 4 nitrogen and oxygen atoms in total. The highest BCUT2D eigenvalue weighted by Crippen LogP contribution is 2.21. The van der Waals surface area contributed by atoms with Crippen molar-refractivity contribution in [1.29, 1.82) is 5.26 Å². The number of anilines is 1. The lowest BCUT2D eigenvalue weighted by molar-refractivity contribution is 0.102. The molecule has 0 aromatic heterocycles. The summed E-state index contributed by atoms with van der Waals surface area (Å²) in [5.74, 6) is -0.228. The number of carbonyl (C=O) groups excluding carboxylic acids is 1. The molecule has 1 N–H and O–H groups in total. The van der Waals surface area contributed by atoms with Gasteiger partial charge in [0.2, 0.25) is 0 Å². The minimum atomic E-state index is -0.338. The normalized spacial score (nSPS) is 10.0. The number of rotatable bonds is 5. The van der Waals surface area contributed by atoms with E-state index in [2.05, 4.69) is 5.32 Å². The Morgan fingerprint density at radius 2 is 1.81 bits per heavy atom. The summed E-state index contributed by atoms with van der Waals surface area (Å²) in [6.45, 7) is 0.217. The first-order valence-corrected chi connectivity index (χ1v) is 7.93. The van der Waals surface area contributed by atoms with Crippen LogP contribution < -0.4 is 10.1 Å². The molecule has 3 aromatic rings. The number of ether oxygens (including phenoxy) is 1. The molecule has 5 heteroatoms. The lowest BCUT2D eigenvalue weighted by Gasteiger charge is -2.12. The standard InChI is InChI=1S/C21H15FN2O2/c22-17-10-8-15(9-11-17)14-26-20-7-2-1-6-19(20)21(25)24-18-5-3-4-16(12-18)13-23/h1-12H,14H2,(H,24,25). The van der Waals surface area contributed by atoms with E-state index >= 15 is 0 Å². The van der Waals surface area contributed by atoms with Gasteiger partial charge in [-0.2, -0.15) is 5.26 Å². The maximum Gasteiger partial charge on any atom is 0.259 e. The van der Waals surface area contributed by atoms with Crippen LogP contribution in [-0.2, 0) is 6.61 Å². The Kier molecular flexibility index (Phi) is 5.25. The van der Waals surface area contributed by atoms with E-state index in [1.807, 2.05) is 6.07 Å². The van der Waals surface area contributed by atoms with Crippen LogP contribution >= 0.6 is 0 Å². The quantitative estimate of drug-likeness (QED) is 0.738. The monoisotopic (exact) mass is 346 g/mol. The zero-order chi connectivity index (χ0) is 18.4. The van der Waals surface area contributed by atoms with Crippen molar-refractivity contribution < 1.29 is 13.9 Å². The van der Waals surface area contributed by atoms with Gasteiger partial charge in [-0.15, -0.1) is 0 Å². The molecule has 0 atom stereocenters. The van der Waals surface area contributed by atoms with Gasteiger partial charge in [0.15, 0.2) is 0 Å². The molecule has 0 aliphatic carbocycles. The van der Waals surface area contributed by atoms with Crippen LogP contribution in [0.3, 0.4) is 0 Å². The molecule has 0 unspecified atom stereocenters. The van der Waals surface area contributed by atoms with Crippen LogP contribution in [0.25, 0.3) is 0 Å². The maximum absolute atomic E-state index is 13.0. The van der Waals surface area contributed by atoms with Crippen LogP contribution in [0.4, 0.5) is 10.1 Å². The fourth-order valence-electron chi connectivity index (χ4n) is 2.39. The lowest BCUT2D eigenvalue weighted by Crippen LogP contribution is -2.13. The van der Waals surface area contributed by atoms with Crippen LogP contribution in [0.15, 0.2) is 72.8 Å². The van der Waals surface area contributed by atoms with Gasteiger partial charge in [-0.25, -0.2) is 4.39 Å². The van der Waals surface area contributed by atoms with E-state index in [1.165, 1.54) is 12.1 Å². The highest BCUT2D eigenvalue weighted by Gasteiger charge is 2.13. The fraction of sp³-hybridized carbons (Fsp3) is 0.0476. The van der Waals surface area contributed by atoms with Crippen molar-refractivity contribution in [3.63, 3.8) is 0 Å². The topological polar surface area (TPSA) is 62.1 Å². The van der Waals surface area contributed by atoms with Crippen molar-refractivity contribution in [2.24, 2.45) is 0 Å². The molecule has 128 valence electrons. The zero-order valence-electron chi connectivity index (χ0n) is 13.8. The molecule has 0 saturated heterocycles. The van der Waals surface area contributed by atoms with E-state index < -0.39 is 0 Å². The van der Waals surface area contributed by atoms with E-state index in [9.17, 15) is 9.18 Å². The highest BCUT2D eigenvalue weighted by molar-refractivity contribution is 6.06. The van der Waals surface area contributed by atoms with Crippen molar-refractivity contribution in [2.75, 3.05) is 5.32 Å². The summed E-state index contributed by atoms with van der Waals surface area (Å²) in [6, 6.07) is 21.5. The Morgan fingerprint density at radius 1 is 1.04 bits per heavy atom. The molecule has 26 heavy (non-hydrogen) atoms. The molecule has 3 aromatic carbocycles. The van der Waals surface area contributed by atoms with Crippen molar-refractivity contribution in [1.82, 2.24) is 0 Å². The van der Waals surface area contributed by atoms with Gasteiger partial charge in [0.25, 0.3) is 5.91 Å². The molecular weight excluding hydrogens is 331 g/mol. The number of hydrogen-bond acceptors (Lipinski definition) is 3. The Bertz CT molecular complexity index is 962. The van der Waals surface area contributed by atoms with Crippen molar-refractivity contribution in [2.45, 2.75) is 6.61 Å². The fourth-order valence-corrected chi connectivity index (χ4v) is 2.39. The molecule has 0 aliphatic heterocycles. The Hall–Kier alpha value is -3.65. The van der Waals surface area contributed by atoms with Crippen molar-refractivity contribution in [3.05, 3.63) is 95.3 Å². The molecule has 0 heterocycles. The van der Waals surface area contributed by atoms with Crippen molar-refractivity contribution in [3.8, 4) is 11.8 Å². The first-order chi connectivity index (χ1) is 12.7. The first kappa shape index (κ1) is 17.2. The molecule has 0 bridgehead atoms. The number of nitrogens with one attached hydrogen (secondary N) is 1. The summed E-state index contributed by atoms with van der Waals surface area (Å²) in [7, 11) is 0. The third kappa shape index (κ3) is 4.25. The van der Waals surface area contributed by atoms with Crippen LogP contribution in [0.2, 0.25) is 0 Å². The van der Waals surface area contributed by atoms with E-state index in [1.54, 1.807) is 60.7 Å². The predicted octanol–water partition coefficient (Wildman–Crippen LogP) is 4.53. The molecule has 0 saturated carbocycles. The summed E-state index contributed by atoms with van der Waals surface area (Å²) >= 11 is 0. The lowest BCUT2D eigenvalue weighted by atomic mass is 10.1. The average Bonchev–Trinajstić information content (AvgIpc) is 2.68. The van der Waals surface area contributed by atoms with Gasteiger partial charge in [-0.1, -0.05) is 30.3 Å². The zero-order valence-corrected chi connectivity index (χ0v) is 13.8. The summed E-state index contributed by atoms with van der Waals surface area (Å²) in [4.78, 5) is 12.6. The molecule has 0 spiro atoms. The van der Waals surface area contributed by atoms with Gasteiger partial charge in [0, 0.05) is 5.69 Å². The van der Waals surface area contributed by atoms with Gasteiger partial charge in [-0.3, -0.25) is 4.79 Å². The molecule has 0 aliphatic rings. The van der Waals surface area contributed by atoms with Gasteiger partial charge in [0.05, 0.1) is 17.2 Å². The smallest absolute Gasteiger partial charge is 0.259 e. The van der Waals surface area contributed by atoms with Gasteiger partial charge in [0.1, 0.15) is 18.2 Å². The van der Waals surface area contributed by atoms with E-state index in [-0.39, 0.29) is 18.3 Å². The van der Waals surface area contributed by atoms with E-state index in [4.69, 9.17) is 10.00 Å². The number of hydrogen-bond donors (Lipinski definition) is 1. The van der Waals surface area contributed by atoms with Crippen LogP contribution in [0.5, 0.6) is 5.75 Å². The third-order valence-corrected chi connectivity index (χ3v) is 3.69. The maximum atomic E-state index is 13.0. The summed E-state index contributed by atoms with van der Waals surface area (Å²) in [5, 5.41) is 11.7. The number of para-hydroxylation sites is 1. The second-order valence-corrected chi connectivity index (χ2v) is 5.56. The Balaban J connectivity index is 1.74. The third-order valence-electron chi connectivity index (χ3n) is 3.69. The number of carbonyl (C=O) groups is 1. The summed E-state index contributed by atoms with van der Waals surface area (Å²) in [5.41, 5.74) is 2.16. The first-order valence-electron chi connectivity index (χ1n) is 7.93. The van der Waals surface area contributed by atoms with Crippen LogP contribution in [0.1, 0.15) is 21.5 Å². The SMILES string of the molecule is N#Cc1cccc(NC(=O)c2ccccc2OCc2ccc(F)cc2)c1. The molecular formula is C21H15FN2O2. The second kappa shape index (κ2) is 7.95. The van der Waals surface area contributed by atoms with Gasteiger partial charge < -0.3 is 10.1 Å². The molecule has 0 radical (unpaired) electrons. The van der Waals surface area contributed by atoms with E-state index in [0.717, 1.165) is 5.56 Å². The number of halogens is 1. The average molecular weight is 346 g/mol. The molecule has 0 fully saturated rings. The number of amides is 1. The highest BCUT2D eigenvalue weighted by atomic mass is 19.1. The Labute approximate surface area is 150 Å². The molecule has 3 rings (SSSR count). The van der Waals surface area contributed by atoms with Crippen LogP contribution in [-0.4, -0.2) is 5.91 Å². The number of nitrogens with zero attached hydrogens (tertiary/aromatic N) is 1. The summed E-state index contributed by atoms with van der Waals surface area (Å²) < 4.78 is 18.7. The molecule has 1 amide bonds. The van der Waals surface area contributed by atoms with Gasteiger partial charge >= 0.3 is 0 Å².